The van der Waals surface area contributed by atoms with Crippen LogP contribution in [-0.4, -0.2) is 0 Å². The number of benzene rings is 11. The first kappa shape index (κ1) is 40.3. The standard InChI is InChI=1S/C68H41NOS2/c1-4-19-51-46(16-1)49-41-45(37-38-53(49)67(51)54-21-6-10-27-60(54)70-61-28-11-7-22-55(61)67)69(44-35-32-42(33-36-44)43-34-39-63-50(40-43)47-17-3-12-29-62(47)71-63)59-26-15-25-58-66(59)48-18-2-5-20-52(48)68(58)56-23-8-13-30-64(56)72-65-31-14-9-24-57(65)68/h1-41H. The quantitative estimate of drug-likeness (QED) is 0.174. The van der Waals surface area contributed by atoms with Crippen LogP contribution in [-0.2, 0) is 10.8 Å². The van der Waals surface area contributed by atoms with E-state index in [0.717, 1.165) is 39.7 Å². The molecule has 72 heavy (non-hydrogen) atoms. The molecule has 0 atom stereocenters. The second-order valence-electron chi connectivity index (χ2n) is 19.4. The number of hydrogen-bond acceptors (Lipinski definition) is 4. The third-order valence-electron chi connectivity index (χ3n) is 16.0. The van der Waals surface area contributed by atoms with Gasteiger partial charge >= 0.3 is 0 Å². The highest BCUT2D eigenvalue weighted by atomic mass is 32.2. The molecular formula is C68H41NOS2. The monoisotopic (exact) mass is 951 g/mol. The normalized spacial score (nSPS) is 14.4. The summed E-state index contributed by atoms with van der Waals surface area (Å²) in [6.07, 6.45) is 0. The van der Waals surface area contributed by atoms with Gasteiger partial charge in [0, 0.05) is 58.0 Å². The van der Waals surface area contributed by atoms with Gasteiger partial charge in [0.15, 0.2) is 0 Å². The average molecular weight is 952 g/mol. The van der Waals surface area contributed by atoms with Crippen LogP contribution in [0.5, 0.6) is 11.5 Å². The number of rotatable bonds is 4. The van der Waals surface area contributed by atoms with Gasteiger partial charge in [-0.1, -0.05) is 188 Å². The summed E-state index contributed by atoms with van der Waals surface area (Å²) < 4.78 is 9.34. The molecule has 2 spiro atoms. The van der Waals surface area contributed by atoms with Crippen molar-refractivity contribution in [2.24, 2.45) is 0 Å². The van der Waals surface area contributed by atoms with E-state index >= 15 is 0 Å². The van der Waals surface area contributed by atoms with E-state index in [-0.39, 0.29) is 0 Å². The Hall–Kier alpha value is -8.41. The summed E-state index contributed by atoms with van der Waals surface area (Å²) in [6.45, 7) is 0. The van der Waals surface area contributed by atoms with Crippen molar-refractivity contribution in [2.75, 3.05) is 4.90 Å². The maximum Gasteiger partial charge on any atom is 0.132 e. The zero-order valence-corrected chi connectivity index (χ0v) is 40.5. The van der Waals surface area contributed by atoms with Gasteiger partial charge in [-0.25, -0.2) is 0 Å². The molecule has 0 saturated heterocycles. The predicted molar refractivity (Wildman–Crippen MR) is 298 cm³/mol. The molecule has 2 aliphatic heterocycles. The van der Waals surface area contributed by atoms with Crippen LogP contribution in [0.4, 0.5) is 17.1 Å². The number of nitrogens with zero attached hydrogens (tertiary/aromatic N) is 1. The van der Waals surface area contributed by atoms with Crippen molar-refractivity contribution < 1.29 is 4.74 Å². The Morgan fingerprint density at radius 2 is 0.861 bits per heavy atom. The molecule has 0 saturated carbocycles. The third-order valence-corrected chi connectivity index (χ3v) is 18.3. The minimum atomic E-state index is -0.559. The second kappa shape index (κ2) is 15.1. The van der Waals surface area contributed by atoms with Crippen LogP contribution >= 0.6 is 23.1 Å². The highest BCUT2D eigenvalue weighted by Gasteiger charge is 2.53. The van der Waals surface area contributed by atoms with E-state index in [9.17, 15) is 0 Å². The van der Waals surface area contributed by atoms with Crippen molar-refractivity contribution in [1.29, 1.82) is 0 Å². The SMILES string of the molecule is c1ccc2c(c1)Oc1ccccc1C21c2ccccc2-c2cc(N(c3ccc(-c4ccc5sc6ccccc6c5c4)cc3)c3cccc4c3-c3ccccc3C43c4ccccc4Sc4ccccc43)ccc21. The largest absolute Gasteiger partial charge is 0.457 e. The highest BCUT2D eigenvalue weighted by molar-refractivity contribution is 7.99. The van der Waals surface area contributed by atoms with Gasteiger partial charge in [0.2, 0.25) is 0 Å². The molecule has 0 amide bonds. The summed E-state index contributed by atoms with van der Waals surface area (Å²) in [5.74, 6) is 1.79. The van der Waals surface area contributed by atoms with Crippen LogP contribution in [0.1, 0.15) is 44.5 Å². The molecule has 0 unspecified atom stereocenters. The first-order chi connectivity index (χ1) is 35.7. The van der Waals surface area contributed by atoms with Gasteiger partial charge in [-0.3, -0.25) is 0 Å². The Bertz CT molecular complexity index is 4170. The summed E-state index contributed by atoms with van der Waals surface area (Å²) in [5, 5.41) is 2.62. The maximum absolute atomic E-state index is 6.70. The Morgan fingerprint density at radius 1 is 0.333 bits per heavy atom. The molecule has 0 fully saturated rings. The Labute approximate surface area is 426 Å². The zero-order chi connectivity index (χ0) is 47.1. The molecule has 336 valence electrons. The Balaban J connectivity index is 0.948. The molecule has 2 nitrogen and oxygen atoms in total. The summed E-state index contributed by atoms with van der Waals surface area (Å²) in [5.41, 5.74) is 19.8. The van der Waals surface area contributed by atoms with Gasteiger partial charge in [0.05, 0.1) is 16.5 Å². The van der Waals surface area contributed by atoms with E-state index in [1.807, 2.05) is 23.1 Å². The lowest BCUT2D eigenvalue weighted by Crippen LogP contribution is -2.32. The van der Waals surface area contributed by atoms with Crippen LogP contribution < -0.4 is 9.64 Å². The smallest absolute Gasteiger partial charge is 0.132 e. The molecular weight excluding hydrogens is 911 g/mol. The molecule has 4 heteroatoms. The van der Waals surface area contributed by atoms with Crippen LogP contribution in [0.25, 0.3) is 53.6 Å². The van der Waals surface area contributed by atoms with Crippen LogP contribution in [0.3, 0.4) is 0 Å². The lowest BCUT2D eigenvalue weighted by molar-refractivity contribution is 0.436. The van der Waals surface area contributed by atoms with Gasteiger partial charge in [0.1, 0.15) is 11.5 Å². The topological polar surface area (TPSA) is 12.5 Å². The van der Waals surface area contributed by atoms with Crippen molar-refractivity contribution in [1.82, 2.24) is 0 Å². The van der Waals surface area contributed by atoms with Crippen molar-refractivity contribution in [3.63, 3.8) is 0 Å². The van der Waals surface area contributed by atoms with Gasteiger partial charge in [-0.05, 0) is 134 Å². The number of fused-ring (bicyclic) bond motifs is 21. The molecule has 2 aliphatic carbocycles. The molecule has 0 N–H and O–H groups in total. The Kier molecular flexibility index (Phi) is 8.43. The third kappa shape index (κ3) is 5.30. The van der Waals surface area contributed by atoms with Crippen molar-refractivity contribution in [2.45, 2.75) is 20.6 Å². The highest BCUT2D eigenvalue weighted by Crippen LogP contribution is 2.66. The molecule has 11 aromatic carbocycles. The summed E-state index contributed by atoms with van der Waals surface area (Å²) in [6, 6.07) is 92.9. The molecule has 0 radical (unpaired) electrons. The number of para-hydroxylation sites is 2. The van der Waals surface area contributed by atoms with E-state index < -0.39 is 10.8 Å². The summed E-state index contributed by atoms with van der Waals surface area (Å²) in [4.78, 5) is 5.13. The molecule has 0 bridgehead atoms. The van der Waals surface area contributed by atoms with Crippen LogP contribution in [0.2, 0.25) is 0 Å². The Morgan fingerprint density at radius 3 is 1.60 bits per heavy atom. The van der Waals surface area contributed by atoms with Crippen molar-refractivity contribution >= 4 is 60.3 Å². The van der Waals surface area contributed by atoms with E-state index in [2.05, 4.69) is 254 Å². The molecule has 1 aromatic heterocycles. The molecule has 4 aliphatic rings. The van der Waals surface area contributed by atoms with Gasteiger partial charge < -0.3 is 9.64 Å². The average Bonchev–Trinajstić information content (AvgIpc) is 4.07. The first-order valence-electron chi connectivity index (χ1n) is 24.7. The fourth-order valence-corrected chi connectivity index (χ4v) is 15.5. The fourth-order valence-electron chi connectivity index (χ4n) is 13.2. The van der Waals surface area contributed by atoms with Gasteiger partial charge in [0.25, 0.3) is 0 Å². The summed E-state index contributed by atoms with van der Waals surface area (Å²) in [7, 11) is 0. The number of anilines is 3. The predicted octanol–water partition coefficient (Wildman–Crippen LogP) is 18.5. The van der Waals surface area contributed by atoms with E-state index in [1.54, 1.807) is 0 Å². The number of hydrogen-bond donors (Lipinski definition) is 0. The van der Waals surface area contributed by atoms with Crippen LogP contribution in [0, 0.1) is 0 Å². The van der Waals surface area contributed by atoms with E-state index in [1.165, 1.54) is 96.7 Å². The zero-order valence-electron chi connectivity index (χ0n) is 38.8. The van der Waals surface area contributed by atoms with Crippen LogP contribution in [0.15, 0.2) is 259 Å². The summed E-state index contributed by atoms with van der Waals surface area (Å²) >= 11 is 3.75. The lowest BCUT2D eigenvalue weighted by atomic mass is 9.66. The maximum atomic E-state index is 6.70. The molecule has 3 heterocycles. The molecule has 12 aromatic rings. The minimum Gasteiger partial charge on any atom is -0.457 e. The first-order valence-corrected chi connectivity index (χ1v) is 26.4. The number of thiophene rings is 1. The minimum absolute atomic E-state index is 0.506. The lowest BCUT2D eigenvalue weighted by Gasteiger charge is -2.40. The van der Waals surface area contributed by atoms with Gasteiger partial charge in [-0.2, -0.15) is 0 Å². The number of ether oxygens (including phenoxy) is 1. The van der Waals surface area contributed by atoms with E-state index in [4.69, 9.17) is 4.74 Å². The second-order valence-corrected chi connectivity index (χ2v) is 21.6. The van der Waals surface area contributed by atoms with Crippen molar-refractivity contribution in [3.05, 3.63) is 293 Å². The molecule has 16 rings (SSSR count). The fraction of sp³-hybridized carbons (Fsp3) is 0.0294. The van der Waals surface area contributed by atoms with Crippen molar-refractivity contribution in [3.8, 4) is 44.9 Å². The van der Waals surface area contributed by atoms with Gasteiger partial charge in [-0.15, -0.1) is 11.3 Å². The van der Waals surface area contributed by atoms with E-state index in [0.29, 0.717) is 0 Å².